The van der Waals surface area contributed by atoms with Gasteiger partial charge in [-0.25, -0.2) is 4.39 Å². The average molecular weight is 276 g/mol. The lowest BCUT2D eigenvalue weighted by atomic mass is 10.3. The van der Waals surface area contributed by atoms with Crippen LogP contribution in [0.15, 0.2) is 22.7 Å². The first kappa shape index (κ1) is 12.1. The molecule has 0 atom stereocenters. The van der Waals surface area contributed by atoms with Crippen molar-refractivity contribution in [2.24, 2.45) is 0 Å². The van der Waals surface area contributed by atoms with Crippen LogP contribution in [0.25, 0.3) is 0 Å². The van der Waals surface area contributed by atoms with Crippen molar-refractivity contribution in [3.8, 4) is 0 Å². The fraction of sp³-hybridized carbons (Fsp3) is 0.300. The minimum absolute atomic E-state index is 0.0232. The summed E-state index contributed by atoms with van der Waals surface area (Å²) in [5.74, 6) is -0.703. The van der Waals surface area contributed by atoms with Gasteiger partial charge < -0.3 is 10.1 Å². The maximum absolute atomic E-state index is 12.9. The first-order valence-electron chi connectivity index (χ1n) is 4.45. The van der Waals surface area contributed by atoms with Gasteiger partial charge in [0.2, 0.25) is 5.91 Å². The van der Waals surface area contributed by atoms with Crippen molar-refractivity contribution in [1.29, 1.82) is 0 Å². The Kier molecular flexibility index (Phi) is 4.71. The summed E-state index contributed by atoms with van der Waals surface area (Å²) in [7, 11) is 0. The zero-order valence-electron chi connectivity index (χ0n) is 8.22. The fourth-order valence-electron chi connectivity index (χ4n) is 1.02. The smallest absolute Gasteiger partial charge is 0.250 e. The molecule has 0 aliphatic rings. The second-order valence-electron chi connectivity index (χ2n) is 2.84. The fourth-order valence-corrected chi connectivity index (χ4v) is 1.48. The Morgan fingerprint density at radius 1 is 1.53 bits per heavy atom. The van der Waals surface area contributed by atoms with Crippen molar-refractivity contribution >= 4 is 27.5 Å². The Hall–Kier alpha value is -0.940. The second-order valence-corrected chi connectivity index (χ2v) is 3.76. The van der Waals surface area contributed by atoms with Crippen molar-refractivity contribution in [3.63, 3.8) is 0 Å². The van der Waals surface area contributed by atoms with Gasteiger partial charge in [-0.15, -0.1) is 0 Å². The van der Waals surface area contributed by atoms with Gasteiger partial charge >= 0.3 is 0 Å². The molecule has 5 heteroatoms. The maximum Gasteiger partial charge on any atom is 0.250 e. The van der Waals surface area contributed by atoms with E-state index in [1.807, 2.05) is 0 Å². The molecule has 0 saturated heterocycles. The molecule has 3 nitrogen and oxygen atoms in total. The Bertz CT molecular complexity index is 337. The maximum atomic E-state index is 12.9. The summed E-state index contributed by atoms with van der Waals surface area (Å²) < 4.78 is 18.4. The minimum atomic E-state index is -0.406. The molecule has 0 spiro atoms. The minimum Gasteiger partial charge on any atom is -0.372 e. The first-order valence-corrected chi connectivity index (χ1v) is 5.25. The lowest BCUT2D eigenvalue weighted by Gasteiger charge is -2.05. The Labute approximate surface area is 95.7 Å². The lowest BCUT2D eigenvalue weighted by molar-refractivity contribution is -0.120. The molecule has 1 amide bonds. The zero-order valence-corrected chi connectivity index (χ0v) is 9.80. The van der Waals surface area contributed by atoms with Gasteiger partial charge in [-0.1, -0.05) is 15.9 Å². The highest BCUT2D eigenvalue weighted by molar-refractivity contribution is 9.10. The summed E-state index contributed by atoms with van der Waals surface area (Å²) >= 11 is 3.13. The van der Waals surface area contributed by atoms with Crippen molar-refractivity contribution in [1.82, 2.24) is 0 Å². The number of ether oxygens (including phenoxy) is 1. The molecule has 15 heavy (non-hydrogen) atoms. The van der Waals surface area contributed by atoms with Crippen LogP contribution in [0.5, 0.6) is 0 Å². The number of hydrogen-bond donors (Lipinski definition) is 1. The molecule has 0 aliphatic heterocycles. The molecule has 0 fully saturated rings. The highest BCUT2D eigenvalue weighted by Gasteiger charge is 2.04. The topological polar surface area (TPSA) is 38.3 Å². The van der Waals surface area contributed by atoms with E-state index in [0.717, 1.165) is 0 Å². The Morgan fingerprint density at radius 2 is 2.27 bits per heavy atom. The van der Waals surface area contributed by atoms with E-state index in [-0.39, 0.29) is 12.5 Å². The third-order valence-corrected chi connectivity index (χ3v) is 2.04. The molecule has 0 bridgehead atoms. The zero-order chi connectivity index (χ0) is 11.3. The summed E-state index contributed by atoms with van der Waals surface area (Å²) in [6.07, 6.45) is 0. The SMILES string of the molecule is CCOCC(=O)Nc1cc(F)cc(Br)c1. The average Bonchev–Trinajstić information content (AvgIpc) is 2.13. The predicted molar refractivity (Wildman–Crippen MR) is 59.2 cm³/mol. The van der Waals surface area contributed by atoms with Crippen molar-refractivity contribution in [2.45, 2.75) is 6.92 Å². The Balaban J connectivity index is 2.60. The summed E-state index contributed by atoms with van der Waals surface area (Å²) in [5.41, 5.74) is 0.409. The number of halogens is 2. The molecule has 1 aromatic rings. The van der Waals surface area contributed by atoms with Crippen LogP contribution in [0.1, 0.15) is 6.92 Å². The molecule has 0 saturated carbocycles. The van der Waals surface area contributed by atoms with E-state index in [1.165, 1.54) is 12.1 Å². The third-order valence-electron chi connectivity index (χ3n) is 1.58. The van der Waals surface area contributed by atoms with Gasteiger partial charge in [-0.2, -0.15) is 0 Å². The number of benzene rings is 1. The van der Waals surface area contributed by atoms with Crippen LogP contribution >= 0.6 is 15.9 Å². The van der Waals surface area contributed by atoms with E-state index in [0.29, 0.717) is 16.8 Å². The monoisotopic (exact) mass is 275 g/mol. The number of hydrogen-bond acceptors (Lipinski definition) is 2. The van der Waals surface area contributed by atoms with Gasteiger partial charge in [0.15, 0.2) is 0 Å². The van der Waals surface area contributed by atoms with Crippen molar-refractivity contribution in [3.05, 3.63) is 28.5 Å². The van der Waals surface area contributed by atoms with Gasteiger partial charge in [0.1, 0.15) is 12.4 Å². The molecule has 0 heterocycles. The first-order chi connectivity index (χ1) is 7.11. The van der Waals surface area contributed by atoms with Gasteiger partial charge in [0, 0.05) is 16.8 Å². The van der Waals surface area contributed by atoms with Crippen LogP contribution in [0.3, 0.4) is 0 Å². The van der Waals surface area contributed by atoms with Crippen LogP contribution < -0.4 is 5.32 Å². The van der Waals surface area contributed by atoms with Gasteiger partial charge in [0.25, 0.3) is 0 Å². The summed E-state index contributed by atoms with van der Waals surface area (Å²) in [5, 5.41) is 2.52. The number of rotatable bonds is 4. The van der Waals surface area contributed by atoms with Crippen molar-refractivity contribution in [2.75, 3.05) is 18.5 Å². The molecular formula is C10H11BrFNO2. The molecule has 0 aromatic heterocycles. The Morgan fingerprint density at radius 3 is 2.87 bits per heavy atom. The summed E-state index contributed by atoms with van der Waals surface area (Å²) in [6, 6.07) is 4.18. The van der Waals surface area contributed by atoms with Crippen LogP contribution in [-0.4, -0.2) is 19.1 Å². The molecule has 1 aromatic carbocycles. The van der Waals surface area contributed by atoms with Crippen LogP contribution in [0, 0.1) is 5.82 Å². The highest BCUT2D eigenvalue weighted by atomic mass is 79.9. The number of amides is 1. The van der Waals surface area contributed by atoms with E-state index < -0.39 is 5.82 Å². The third kappa shape index (κ3) is 4.40. The second kappa shape index (κ2) is 5.82. The van der Waals surface area contributed by atoms with Crippen LogP contribution in [0.4, 0.5) is 10.1 Å². The van der Waals surface area contributed by atoms with E-state index in [9.17, 15) is 9.18 Å². The molecule has 0 aliphatic carbocycles. The molecule has 1 rings (SSSR count). The van der Waals surface area contributed by atoms with Gasteiger partial charge in [-0.3, -0.25) is 4.79 Å². The van der Waals surface area contributed by atoms with E-state index in [2.05, 4.69) is 21.2 Å². The molecule has 0 radical (unpaired) electrons. The van der Waals surface area contributed by atoms with Crippen LogP contribution in [-0.2, 0) is 9.53 Å². The molecule has 0 unspecified atom stereocenters. The number of anilines is 1. The highest BCUT2D eigenvalue weighted by Crippen LogP contribution is 2.18. The van der Waals surface area contributed by atoms with E-state index in [4.69, 9.17) is 4.74 Å². The molecular weight excluding hydrogens is 265 g/mol. The quantitative estimate of drug-likeness (QED) is 0.917. The number of carbonyl (C=O) groups is 1. The number of nitrogens with one attached hydrogen (secondary N) is 1. The summed E-state index contributed by atoms with van der Waals surface area (Å²) in [6.45, 7) is 2.25. The number of carbonyl (C=O) groups excluding carboxylic acids is 1. The molecule has 1 N–H and O–H groups in total. The largest absolute Gasteiger partial charge is 0.372 e. The standard InChI is InChI=1S/C10H11BrFNO2/c1-2-15-6-10(14)13-9-4-7(11)3-8(12)5-9/h3-5H,2,6H2,1H3,(H,13,14). The summed E-state index contributed by atoms with van der Waals surface area (Å²) in [4.78, 5) is 11.2. The molecule has 82 valence electrons. The normalized spacial score (nSPS) is 10.1. The van der Waals surface area contributed by atoms with Crippen molar-refractivity contribution < 1.29 is 13.9 Å². The predicted octanol–water partition coefficient (Wildman–Crippen LogP) is 2.56. The lowest BCUT2D eigenvalue weighted by Crippen LogP contribution is -2.18. The van der Waals surface area contributed by atoms with E-state index in [1.54, 1.807) is 13.0 Å². The van der Waals surface area contributed by atoms with Crippen LogP contribution in [0.2, 0.25) is 0 Å². The van der Waals surface area contributed by atoms with Gasteiger partial charge in [0.05, 0.1) is 0 Å². The van der Waals surface area contributed by atoms with Gasteiger partial charge in [-0.05, 0) is 25.1 Å². The van der Waals surface area contributed by atoms with E-state index >= 15 is 0 Å².